The highest BCUT2D eigenvalue weighted by molar-refractivity contribution is 14.0. The average Bonchev–Trinajstić information content (AvgIpc) is 3.00. The van der Waals surface area contributed by atoms with Gasteiger partial charge in [0.2, 0.25) is 0 Å². The molecule has 0 saturated heterocycles. The van der Waals surface area contributed by atoms with Crippen LogP contribution >= 0.6 is 24.0 Å². The van der Waals surface area contributed by atoms with Gasteiger partial charge in [0.05, 0.1) is 6.54 Å². The summed E-state index contributed by atoms with van der Waals surface area (Å²) in [5, 5.41) is 15.5. The summed E-state index contributed by atoms with van der Waals surface area (Å²) in [4.78, 5) is 4.68. The number of para-hydroxylation sites is 2. The zero-order valence-corrected chi connectivity index (χ0v) is 20.5. The maximum atomic E-state index is 5.99. The van der Waals surface area contributed by atoms with E-state index in [9.17, 15) is 0 Å². The zero-order valence-electron chi connectivity index (χ0n) is 18.2. The predicted molar refractivity (Wildman–Crippen MR) is 132 cm³/mol. The molecule has 0 bridgehead atoms. The molecule has 170 valence electrons. The van der Waals surface area contributed by atoms with Crippen LogP contribution in [0.25, 0.3) is 0 Å². The molecule has 0 amide bonds. The number of nitrogens with zero attached hydrogens (tertiary/aromatic N) is 4. The molecule has 2 N–H and O–H groups in total. The van der Waals surface area contributed by atoms with Crippen molar-refractivity contribution in [3.05, 3.63) is 35.9 Å². The Bertz CT molecular complexity index is 856. The number of hydrogen-bond acceptors (Lipinski definition) is 5. The smallest absolute Gasteiger partial charge is 0.191 e. The van der Waals surface area contributed by atoms with Crippen LogP contribution in [0.3, 0.4) is 0 Å². The molecule has 0 fully saturated rings. The minimum atomic E-state index is -0.0817. The van der Waals surface area contributed by atoms with Crippen molar-refractivity contribution in [1.82, 2.24) is 25.4 Å². The summed E-state index contributed by atoms with van der Waals surface area (Å²) in [6.07, 6.45) is 6.62. The van der Waals surface area contributed by atoms with E-state index in [1.54, 1.807) is 0 Å². The fraction of sp³-hybridized carbons (Fsp3) is 0.591. The van der Waals surface area contributed by atoms with Crippen LogP contribution in [0.5, 0.6) is 11.5 Å². The van der Waals surface area contributed by atoms with Crippen LogP contribution in [0, 0.1) is 0 Å². The highest BCUT2D eigenvalue weighted by Crippen LogP contribution is 2.30. The SMILES string of the molecule is CCNC(=NCC1COc2ccccc2O1)NCCCc1nnc2n1CCCCC2.I. The first-order chi connectivity index (χ1) is 14.8. The van der Waals surface area contributed by atoms with Crippen molar-refractivity contribution in [3.8, 4) is 11.5 Å². The Kier molecular flexibility index (Phi) is 9.23. The molecule has 0 radical (unpaired) electrons. The molecular weight excluding hydrogens is 507 g/mol. The third-order valence-corrected chi connectivity index (χ3v) is 5.42. The van der Waals surface area contributed by atoms with Gasteiger partial charge in [-0.3, -0.25) is 0 Å². The Labute approximate surface area is 201 Å². The van der Waals surface area contributed by atoms with Crippen molar-refractivity contribution in [2.45, 2.75) is 58.1 Å². The third kappa shape index (κ3) is 6.47. The molecular formula is C22H33IN6O2. The summed E-state index contributed by atoms with van der Waals surface area (Å²) in [6.45, 7) is 5.83. The number of aromatic nitrogens is 3. The van der Waals surface area contributed by atoms with Gasteiger partial charge in [-0.05, 0) is 38.3 Å². The first-order valence-electron chi connectivity index (χ1n) is 11.1. The minimum absolute atomic E-state index is 0. The van der Waals surface area contributed by atoms with Gasteiger partial charge in [0.1, 0.15) is 18.3 Å². The molecule has 0 aliphatic carbocycles. The van der Waals surface area contributed by atoms with Crippen LogP contribution in [0.2, 0.25) is 0 Å². The van der Waals surface area contributed by atoms with Crippen LogP contribution in [0.1, 0.15) is 44.3 Å². The molecule has 4 rings (SSSR count). The van der Waals surface area contributed by atoms with Crippen LogP contribution in [-0.4, -0.2) is 53.1 Å². The Hall–Kier alpha value is -2.04. The molecule has 2 aromatic rings. The Morgan fingerprint density at radius 2 is 2.03 bits per heavy atom. The second kappa shape index (κ2) is 12.1. The molecule has 8 nitrogen and oxygen atoms in total. The van der Waals surface area contributed by atoms with Crippen LogP contribution in [0.4, 0.5) is 0 Å². The van der Waals surface area contributed by atoms with E-state index in [0.29, 0.717) is 13.2 Å². The van der Waals surface area contributed by atoms with E-state index in [-0.39, 0.29) is 30.1 Å². The molecule has 1 aromatic carbocycles. The monoisotopic (exact) mass is 540 g/mol. The van der Waals surface area contributed by atoms with E-state index in [2.05, 4.69) is 37.3 Å². The molecule has 31 heavy (non-hydrogen) atoms. The summed E-state index contributed by atoms with van der Waals surface area (Å²) in [5.74, 6) is 4.66. The van der Waals surface area contributed by atoms with E-state index < -0.39 is 0 Å². The number of aryl methyl sites for hydroxylation is 2. The molecule has 3 heterocycles. The number of fused-ring (bicyclic) bond motifs is 2. The highest BCUT2D eigenvalue weighted by atomic mass is 127. The summed E-state index contributed by atoms with van der Waals surface area (Å²) in [5.41, 5.74) is 0. The van der Waals surface area contributed by atoms with Gasteiger partial charge in [-0.2, -0.15) is 0 Å². The number of guanidine groups is 1. The topological polar surface area (TPSA) is 85.6 Å². The number of rotatable bonds is 7. The van der Waals surface area contributed by atoms with Gasteiger partial charge in [0, 0.05) is 32.5 Å². The van der Waals surface area contributed by atoms with Gasteiger partial charge in [-0.1, -0.05) is 18.6 Å². The van der Waals surface area contributed by atoms with E-state index in [1.165, 1.54) is 19.3 Å². The maximum Gasteiger partial charge on any atom is 0.191 e. The Morgan fingerprint density at radius 3 is 2.90 bits per heavy atom. The summed E-state index contributed by atoms with van der Waals surface area (Å²) in [6, 6.07) is 7.76. The molecule has 1 aromatic heterocycles. The van der Waals surface area contributed by atoms with Gasteiger partial charge < -0.3 is 24.7 Å². The van der Waals surface area contributed by atoms with Gasteiger partial charge in [0.25, 0.3) is 0 Å². The van der Waals surface area contributed by atoms with Crippen molar-refractivity contribution in [1.29, 1.82) is 0 Å². The van der Waals surface area contributed by atoms with Crippen molar-refractivity contribution in [3.63, 3.8) is 0 Å². The largest absolute Gasteiger partial charge is 0.486 e. The van der Waals surface area contributed by atoms with Gasteiger partial charge in [-0.25, -0.2) is 4.99 Å². The van der Waals surface area contributed by atoms with Crippen molar-refractivity contribution < 1.29 is 9.47 Å². The van der Waals surface area contributed by atoms with E-state index in [0.717, 1.165) is 68.0 Å². The Balaban J connectivity index is 0.00000272. The third-order valence-electron chi connectivity index (χ3n) is 5.42. The van der Waals surface area contributed by atoms with Crippen LogP contribution in [0.15, 0.2) is 29.3 Å². The fourth-order valence-electron chi connectivity index (χ4n) is 3.87. The Morgan fingerprint density at radius 1 is 1.16 bits per heavy atom. The minimum Gasteiger partial charge on any atom is -0.486 e. The molecule has 9 heteroatoms. The second-order valence-corrected chi connectivity index (χ2v) is 7.74. The predicted octanol–water partition coefficient (Wildman–Crippen LogP) is 2.95. The van der Waals surface area contributed by atoms with E-state index >= 15 is 0 Å². The van der Waals surface area contributed by atoms with Gasteiger partial charge >= 0.3 is 0 Å². The average molecular weight is 540 g/mol. The maximum absolute atomic E-state index is 5.99. The standard InChI is InChI=1S/C22H32N6O2.HI/c1-2-23-22(25-15-17-16-29-18-9-5-6-10-19(18)30-17)24-13-8-12-21-27-26-20-11-4-3-7-14-28(20)21;/h5-6,9-10,17H,2-4,7-8,11-16H2,1H3,(H2,23,24,25);1H. The van der Waals surface area contributed by atoms with Crippen LogP contribution < -0.4 is 20.1 Å². The quantitative estimate of drug-likeness (QED) is 0.243. The lowest BCUT2D eigenvalue weighted by Crippen LogP contribution is -2.40. The number of nitrogens with one attached hydrogen (secondary N) is 2. The van der Waals surface area contributed by atoms with Crippen molar-refractivity contribution in [2.24, 2.45) is 4.99 Å². The highest BCUT2D eigenvalue weighted by Gasteiger charge is 2.20. The fourth-order valence-corrected chi connectivity index (χ4v) is 3.87. The van der Waals surface area contributed by atoms with E-state index in [4.69, 9.17) is 9.47 Å². The normalized spacial score (nSPS) is 17.8. The number of hydrogen-bond donors (Lipinski definition) is 2. The van der Waals surface area contributed by atoms with Gasteiger partial charge in [0.15, 0.2) is 23.6 Å². The summed E-state index contributed by atoms with van der Waals surface area (Å²) in [7, 11) is 0. The summed E-state index contributed by atoms with van der Waals surface area (Å²) >= 11 is 0. The second-order valence-electron chi connectivity index (χ2n) is 7.74. The molecule has 1 atom stereocenters. The lowest BCUT2D eigenvalue weighted by atomic mass is 10.2. The molecule has 2 aliphatic rings. The lowest BCUT2D eigenvalue weighted by molar-refractivity contribution is 0.0971. The van der Waals surface area contributed by atoms with Gasteiger partial charge in [-0.15, -0.1) is 34.2 Å². The molecule has 0 spiro atoms. The van der Waals surface area contributed by atoms with E-state index in [1.807, 2.05) is 24.3 Å². The molecule has 2 aliphatic heterocycles. The zero-order chi connectivity index (χ0) is 20.6. The van der Waals surface area contributed by atoms with Crippen molar-refractivity contribution >= 4 is 29.9 Å². The summed E-state index contributed by atoms with van der Waals surface area (Å²) < 4.78 is 14.1. The number of aliphatic imine (C=N–C) groups is 1. The van der Waals surface area contributed by atoms with Crippen molar-refractivity contribution in [2.75, 3.05) is 26.2 Å². The molecule has 1 unspecified atom stereocenters. The first-order valence-corrected chi connectivity index (χ1v) is 11.1. The molecule has 0 saturated carbocycles. The number of benzene rings is 1. The number of ether oxygens (including phenoxy) is 2. The first kappa shape index (κ1) is 23.6. The lowest BCUT2D eigenvalue weighted by Gasteiger charge is -2.25. The number of halogens is 1. The van der Waals surface area contributed by atoms with Crippen LogP contribution in [-0.2, 0) is 19.4 Å².